The van der Waals surface area contributed by atoms with Gasteiger partial charge in [0, 0.05) is 5.02 Å². The van der Waals surface area contributed by atoms with Gasteiger partial charge in [0.15, 0.2) is 0 Å². The lowest BCUT2D eigenvalue weighted by Gasteiger charge is -2.10. The highest BCUT2D eigenvalue weighted by Gasteiger charge is 2.15. The van der Waals surface area contributed by atoms with Crippen LogP contribution < -0.4 is 10.5 Å². The van der Waals surface area contributed by atoms with Crippen LogP contribution in [0.1, 0.15) is 0 Å². The number of benzene rings is 2. The number of rotatable bonds is 3. The number of hydrogen-bond donors (Lipinski definition) is 2. The van der Waals surface area contributed by atoms with Crippen LogP contribution in [0.25, 0.3) is 0 Å². The monoisotopic (exact) mass is 300 g/mol. The van der Waals surface area contributed by atoms with E-state index in [2.05, 4.69) is 4.72 Å². The van der Waals surface area contributed by atoms with Crippen molar-refractivity contribution < 1.29 is 12.8 Å². The van der Waals surface area contributed by atoms with Crippen molar-refractivity contribution in [3.8, 4) is 0 Å². The Morgan fingerprint density at radius 1 is 1.16 bits per heavy atom. The van der Waals surface area contributed by atoms with E-state index >= 15 is 0 Å². The fourth-order valence-corrected chi connectivity index (χ4v) is 2.85. The van der Waals surface area contributed by atoms with Gasteiger partial charge in [-0.25, -0.2) is 12.8 Å². The molecule has 0 spiro atoms. The van der Waals surface area contributed by atoms with Gasteiger partial charge in [-0.15, -0.1) is 0 Å². The summed E-state index contributed by atoms with van der Waals surface area (Å²) in [4.78, 5) is 0.00345. The number of anilines is 2. The molecule has 0 aromatic heterocycles. The number of nitrogen functional groups attached to an aromatic ring is 1. The van der Waals surface area contributed by atoms with Crippen molar-refractivity contribution in [2.75, 3.05) is 10.5 Å². The van der Waals surface area contributed by atoms with Crippen LogP contribution >= 0.6 is 11.6 Å². The van der Waals surface area contributed by atoms with Crippen LogP contribution in [0, 0.1) is 5.82 Å². The molecule has 0 amide bonds. The molecule has 4 nitrogen and oxygen atoms in total. The smallest absolute Gasteiger partial charge is 0.262 e. The van der Waals surface area contributed by atoms with Crippen LogP contribution in [0.15, 0.2) is 47.4 Å². The van der Waals surface area contributed by atoms with Crippen molar-refractivity contribution in [2.24, 2.45) is 0 Å². The first-order valence-corrected chi connectivity index (χ1v) is 7.08. The lowest BCUT2D eigenvalue weighted by molar-refractivity contribution is 0.601. The molecule has 7 heteroatoms. The molecule has 0 fully saturated rings. The first kappa shape index (κ1) is 13.6. The average molecular weight is 301 g/mol. The molecular weight excluding hydrogens is 291 g/mol. The largest absolute Gasteiger partial charge is 0.397 e. The fraction of sp³-hybridized carbons (Fsp3) is 0. The zero-order chi connectivity index (χ0) is 14.0. The summed E-state index contributed by atoms with van der Waals surface area (Å²) >= 11 is 5.74. The Hall–Kier alpha value is -1.79. The predicted octanol–water partition coefficient (Wildman–Crippen LogP) is 2.86. The van der Waals surface area contributed by atoms with Crippen LogP contribution in [0.4, 0.5) is 15.8 Å². The summed E-state index contributed by atoms with van der Waals surface area (Å²) in [5.41, 5.74) is 5.66. The lowest BCUT2D eigenvalue weighted by Crippen LogP contribution is -2.14. The second-order valence-corrected chi connectivity index (χ2v) is 5.91. The van der Waals surface area contributed by atoms with Crippen LogP contribution in [0.2, 0.25) is 5.02 Å². The third-order valence-electron chi connectivity index (χ3n) is 2.36. The van der Waals surface area contributed by atoms with Gasteiger partial charge in [-0.05, 0) is 36.4 Å². The van der Waals surface area contributed by atoms with Crippen molar-refractivity contribution >= 4 is 33.0 Å². The van der Waals surface area contributed by atoms with Crippen LogP contribution in [0.5, 0.6) is 0 Å². The molecule has 0 saturated carbocycles. The predicted molar refractivity (Wildman–Crippen MR) is 73.1 cm³/mol. The number of halogens is 2. The van der Waals surface area contributed by atoms with E-state index in [0.717, 1.165) is 12.1 Å². The zero-order valence-corrected chi connectivity index (χ0v) is 11.2. The van der Waals surface area contributed by atoms with Crippen molar-refractivity contribution in [2.45, 2.75) is 4.90 Å². The molecule has 0 saturated heterocycles. The topological polar surface area (TPSA) is 72.2 Å². The van der Waals surface area contributed by atoms with Gasteiger partial charge in [0.1, 0.15) is 5.82 Å². The molecule has 100 valence electrons. The molecule has 0 bridgehead atoms. The highest BCUT2D eigenvalue weighted by molar-refractivity contribution is 7.92. The molecule has 0 unspecified atom stereocenters. The first-order valence-electron chi connectivity index (χ1n) is 5.22. The van der Waals surface area contributed by atoms with Gasteiger partial charge in [-0.3, -0.25) is 4.72 Å². The van der Waals surface area contributed by atoms with E-state index < -0.39 is 15.8 Å². The standard InChI is InChI=1S/C12H10ClFN2O2S/c13-8-2-1-3-10(6-8)19(17,18)16-12-5-4-9(14)7-11(12)15/h1-7,16H,15H2. The van der Waals surface area contributed by atoms with Crippen molar-refractivity contribution in [3.05, 3.63) is 53.3 Å². The minimum Gasteiger partial charge on any atom is -0.397 e. The van der Waals surface area contributed by atoms with Crippen LogP contribution in [-0.4, -0.2) is 8.42 Å². The summed E-state index contributed by atoms with van der Waals surface area (Å²) in [7, 11) is -3.81. The first-order chi connectivity index (χ1) is 8.88. The Balaban J connectivity index is 2.36. The maximum Gasteiger partial charge on any atom is 0.262 e. The second kappa shape index (κ2) is 5.07. The van der Waals surface area contributed by atoms with Gasteiger partial charge in [0.25, 0.3) is 10.0 Å². The Morgan fingerprint density at radius 3 is 2.53 bits per heavy atom. The van der Waals surface area contributed by atoms with Gasteiger partial charge in [0.2, 0.25) is 0 Å². The molecule has 19 heavy (non-hydrogen) atoms. The summed E-state index contributed by atoms with van der Waals surface area (Å²) in [6.45, 7) is 0. The summed E-state index contributed by atoms with van der Waals surface area (Å²) in [5, 5.41) is 0.301. The fourth-order valence-electron chi connectivity index (χ4n) is 1.46. The third-order valence-corrected chi connectivity index (χ3v) is 3.96. The van der Waals surface area contributed by atoms with Gasteiger partial charge in [-0.1, -0.05) is 17.7 Å². The van der Waals surface area contributed by atoms with Crippen LogP contribution in [-0.2, 0) is 10.0 Å². The molecule has 2 aromatic carbocycles. The summed E-state index contributed by atoms with van der Waals surface area (Å²) in [6, 6.07) is 9.20. The van der Waals surface area contributed by atoms with Gasteiger partial charge in [0.05, 0.1) is 16.3 Å². The van der Waals surface area contributed by atoms with Gasteiger partial charge in [-0.2, -0.15) is 0 Å². The minimum absolute atomic E-state index is 0.00345. The Kier molecular flexibility index (Phi) is 3.64. The summed E-state index contributed by atoms with van der Waals surface area (Å²) in [5.74, 6) is -0.539. The van der Waals surface area contributed by atoms with Crippen molar-refractivity contribution in [3.63, 3.8) is 0 Å². The maximum absolute atomic E-state index is 12.9. The molecule has 0 heterocycles. The molecule has 0 aliphatic carbocycles. The van der Waals surface area contributed by atoms with Gasteiger partial charge >= 0.3 is 0 Å². The zero-order valence-electron chi connectivity index (χ0n) is 9.60. The number of nitrogens with two attached hydrogens (primary N) is 1. The molecular formula is C12H10ClFN2O2S. The summed E-state index contributed by atoms with van der Waals surface area (Å²) < 4.78 is 39.3. The molecule has 0 radical (unpaired) electrons. The normalized spacial score (nSPS) is 11.3. The lowest BCUT2D eigenvalue weighted by atomic mass is 10.3. The minimum atomic E-state index is -3.81. The molecule has 2 rings (SSSR count). The number of sulfonamides is 1. The number of hydrogen-bond acceptors (Lipinski definition) is 3. The third kappa shape index (κ3) is 3.15. The van der Waals surface area contributed by atoms with E-state index in [4.69, 9.17) is 17.3 Å². The highest BCUT2D eigenvalue weighted by atomic mass is 35.5. The maximum atomic E-state index is 12.9. The Morgan fingerprint density at radius 2 is 1.89 bits per heavy atom. The highest BCUT2D eigenvalue weighted by Crippen LogP contribution is 2.24. The van der Waals surface area contributed by atoms with Gasteiger partial charge < -0.3 is 5.73 Å². The molecule has 3 N–H and O–H groups in total. The van der Waals surface area contributed by atoms with Crippen molar-refractivity contribution in [1.82, 2.24) is 0 Å². The second-order valence-electron chi connectivity index (χ2n) is 3.79. The van der Waals surface area contributed by atoms with E-state index in [9.17, 15) is 12.8 Å². The molecule has 0 aliphatic heterocycles. The molecule has 0 aliphatic rings. The molecule has 0 atom stereocenters. The Labute approximate surface area is 115 Å². The Bertz CT molecular complexity index is 719. The molecule has 2 aromatic rings. The number of nitrogens with one attached hydrogen (secondary N) is 1. The van der Waals surface area contributed by atoms with E-state index in [1.807, 2.05) is 0 Å². The van der Waals surface area contributed by atoms with E-state index in [1.54, 1.807) is 6.07 Å². The van der Waals surface area contributed by atoms with E-state index in [0.29, 0.717) is 5.02 Å². The SMILES string of the molecule is Nc1cc(F)ccc1NS(=O)(=O)c1cccc(Cl)c1. The summed E-state index contributed by atoms with van der Waals surface area (Å²) in [6.07, 6.45) is 0. The van der Waals surface area contributed by atoms with E-state index in [-0.39, 0.29) is 16.3 Å². The quantitative estimate of drug-likeness (QED) is 0.856. The van der Waals surface area contributed by atoms with E-state index in [1.165, 1.54) is 24.3 Å². The van der Waals surface area contributed by atoms with Crippen LogP contribution in [0.3, 0.4) is 0 Å². The average Bonchev–Trinajstić information content (AvgIpc) is 2.33. The van der Waals surface area contributed by atoms with Crippen molar-refractivity contribution in [1.29, 1.82) is 0 Å².